The van der Waals surface area contributed by atoms with Gasteiger partial charge < -0.3 is 18.6 Å². The number of para-hydroxylation sites is 1. The molecule has 8 heteroatoms. The molecule has 0 aliphatic rings. The van der Waals surface area contributed by atoms with E-state index in [1.54, 1.807) is 25.0 Å². The van der Waals surface area contributed by atoms with E-state index in [1.165, 1.54) is 0 Å². The maximum Gasteiger partial charge on any atom is 0.288 e. The van der Waals surface area contributed by atoms with E-state index in [0.717, 1.165) is 11.3 Å². The van der Waals surface area contributed by atoms with E-state index >= 15 is 0 Å². The summed E-state index contributed by atoms with van der Waals surface area (Å²) < 4.78 is 23.6. The van der Waals surface area contributed by atoms with Gasteiger partial charge in [0.05, 0.1) is 20.9 Å². The number of ether oxygens (including phenoxy) is 3. The van der Waals surface area contributed by atoms with E-state index < -0.39 is 0 Å². The van der Waals surface area contributed by atoms with Crippen LogP contribution in [0, 0.1) is 4.84 Å². The van der Waals surface area contributed by atoms with Gasteiger partial charge in [0.1, 0.15) is 23.9 Å². The molecule has 0 unspecified atom stereocenters. The predicted molar refractivity (Wildman–Crippen MR) is 108 cm³/mol. The molecule has 0 fully saturated rings. The molecular weight excluding hydrogens is 378 g/mol. The highest BCUT2D eigenvalue weighted by Gasteiger charge is 2.12. The van der Waals surface area contributed by atoms with Crippen LogP contribution in [-0.4, -0.2) is 49.1 Å². The van der Waals surface area contributed by atoms with Crippen molar-refractivity contribution < 1.29 is 18.6 Å². The van der Waals surface area contributed by atoms with E-state index in [4.69, 9.17) is 30.8 Å². The van der Waals surface area contributed by atoms with E-state index in [0.29, 0.717) is 42.0 Å². The lowest BCUT2D eigenvalue weighted by atomic mass is 10.2. The van der Waals surface area contributed by atoms with Gasteiger partial charge in [-0.3, -0.25) is 4.90 Å². The molecule has 0 saturated carbocycles. The van der Waals surface area contributed by atoms with Crippen molar-refractivity contribution in [2.45, 2.75) is 6.67 Å². The van der Waals surface area contributed by atoms with Crippen LogP contribution in [0.15, 0.2) is 52.9 Å². The third-order valence-corrected chi connectivity index (χ3v) is 4.36. The molecule has 0 aliphatic heterocycles. The Labute approximate surface area is 169 Å². The monoisotopic (exact) mass is 401 g/mol. The summed E-state index contributed by atoms with van der Waals surface area (Å²) in [7, 11) is 5.16. The molecule has 0 bridgehead atoms. The molecule has 0 saturated heterocycles. The summed E-state index contributed by atoms with van der Waals surface area (Å²) in [6, 6.07) is 15.2. The van der Waals surface area contributed by atoms with Crippen LogP contribution in [0.2, 0.25) is 0 Å². The van der Waals surface area contributed by atoms with Crippen molar-refractivity contribution in [3.05, 3.63) is 53.4 Å². The molecule has 7 nitrogen and oxygen atoms in total. The number of methoxy groups -OCH3 is 2. The minimum Gasteiger partial charge on any atom is -0.497 e. The van der Waals surface area contributed by atoms with Crippen LogP contribution in [0.5, 0.6) is 17.2 Å². The van der Waals surface area contributed by atoms with Crippen molar-refractivity contribution in [1.29, 1.82) is 0 Å². The van der Waals surface area contributed by atoms with Crippen LogP contribution in [0.1, 0.15) is 0 Å². The standard InChI is InChI=1S/C20H23N3O4S/c1-22(9-10-26-16-7-5-4-6-8-16)14-23-20(28)27-19(21-23)15-11-17(24-2)13-18(12-15)25-3/h4-8,11-13H,9-10,14H2,1-3H3. The summed E-state index contributed by atoms with van der Waals surface area (Å²) >= 11 is 5.32. The topological polar surface area (TPSA) is 61.9 Å². The molecule has 0 atom stereocenters. The second-order valence-corrected chi connectivity index (χ2v) is 6.51. The van der Waals surface area contributed by atoms with Crippen LogP contribution in [0.3, 0.4) is 0 Å². The average molecular weight is 401 g/mol. The number of nitrogens with zero attached hydrogens (tertiary/aromatic N) is 3. The SMILES string of the molecule is COc1cc(OC)cc(-c2nn(CN(C)CCOc3ccccc3)c(=S)o2)c1. The fourth-order valence-corrected chi connectivity index (χ4v) is 2.76. The Morgan fingerprint density at radius 3 is 2.36 bits per heavy atom. The lowest BCUT2D eigenvalue weighted by Gasteiger charge is -2.16. The van der Waals surface area contributed by atoms with Crippen LogP contribution >= 0.6 is 12.2 Å². The second-order valence-electron chi connectivity index (χ2n) is 6.16. The molecule has 0 amide bonds. The molecule has 148 valence electrons. The minimum atomic E-state index is 0.299. The lowest BCUT2D eigenvalue weighted by molar-refractivity contribution is 0.196. The zero-order chi connectivity index (χ0) is 19.9. The van der Waals surface area contributed by atoms with Crippen molar-refractivity contribution in [3.63, 3.8) is 0 Å². The molecule has 1 aromatic heterocycles. The molecule has 1 heterocycles. The number of benzene rings is 2. The molecule has 0 aliphatic carbocycles. The number of hydrogen-bond donors (Lipinski definition) is 0. The Balaban J connectivity index is 1.64. The van der Waals surface area contributed by atoms with Gasteiger partial charge in [-0.2, -0.15) is 0 Å². The first-order chi connectivity index (χ1) is 13.6. The first kappa shape index (κ1) is 19.9. The summed E-state index contributed by atoms with van der Waals surface area (Å²) in [4.78, 5) is 2.35. The smallest absolute Gasteiger partial charge is 0.288 e. The quantitative estimate of drug-likeness (QED) is 0.505. The van der Waals surface area contributed by atoms with E-state index in [2.05, 4.69) is 10.00 Å². The molecule has 3 rings (SSSR count). The summed E-state index contributed by atoms with van der Waals surface area (Å²) in [5, 5.41) is 4.49. The summed E-state index contributed by atoms with van der Waals surface area (Å²) in [6.07, 6.45) is 0. The van der Waals surface area contributed by atoms with Crippen LogP contribution < -0.4 is 14.2 Å². The van der Waals surface area contributed by atoms with Gasteiger partial charge in [-0.15, -0.1) is 5.10 Å². The first-order valence-electron chi connectivity index (χ1n) is 8.77. The number of hydrogen-bond acceptors (Lipinski definition) is 7. The highest BCUT2D eigenvalue weighted by atomic mass is 32.1. The highest BCUT2D eigenvalue weighted by molar-refractivity contribution is 7.71. The van der Waals surface area contributed by atoms with Gasteiger partial charge in [0.25, 0.3) is 4.84 Å². The van der Waals surface area contributed by atoms with Crippen LogP contribution in [-0.2, 0) is 6.67 Å². The van der Waals surface area contributed by atoms with Crippen LogP contribution in [0.25, 0.3) is 11.5 Å². The Bertz CT molecular complexity index is 933. The maximum atomic E-state index is 5.72. The van der Waals surface area contributed by atoms with Gasteiger partial charge >= 0.3 is 0 Å². The molecule has 2 aromatic carbocycles. The molecule has 28 heavy (non-hydrogen) atoms. The van der Waals surface area contributed by atoms with Crippen molar-refractivity contribution in [3.8, 4) is 28.7 Å². The molecular formula is C20H23N3O4S. The average Bonchev–Trinajstić information content (AvgIpc) is 3.08. The maximum absolute atomic E-state index is 5.72. The fourth-order valence-electron chi connectivity index (χ4n) is 2.58. The van der Waals surface area contributed by atoms with Crippen LogP contribution in [0.4, 0.5) is 0 Å². The molecule has 0 radical (unpaired) electrons. The largest absolute Gasteiger partial charge is 0.497 e. The highest BCUT2D eigenvalue weighted by Crippen LogP contribution is 2.29. The van der Waals surface area contributed by atoms with E-state index in [-0.39, 0.29) is 0 Å². The van der Waals surface area contributed by atoms with E-state index in [1.807, 2.05) is 49.5 Å². The number of aromatic nitrogens is 2. The van der Waals surface area contributed by atoms with Crippen molar-refractivity contribution in [2.24, 2.45) is 0 Å². The number of likely N-dealkylation sites (N-methyl/N-ethyl adjacent to an activating group) is 1. The summed E-state index contributed by atoms with van der Waals surface area (Å²) in [5.74, 6) is 2.57. The molecule has 3 aromatic rings. The second kappa shape index (κ2) is 9.38. The van der Waals surface area contributed by atoms with Gasteiger partial charge in [-0.1, -0.05) is 18.2 Å². The van der Waals surface area contributed by atoms with Crippen molar-refractivity contribution in [2.75, 3.05) is 34.4 Å². The Morgan fingerprint density at radius 2 is 1.71 bits per heavy atom. The normalized spacial score (nSPS) is 10.9. The van der Waals surface area contributed by atoms with Gasteiger partial charge in [-0.25, -0.2) is 4.68 Å². The lowest BCUT2D eigenvalue weighted by Crippen LogP contribution is -2.27. The Hall–Kier alpha value is -2.84. The predicted octanol–water partition coefficient (Wildman–Crippen LogP) is 3.86. The van der Waals surface area contributed by atoms with Gasteiger partial charge in [0.15, 0.2) is 0 Å². The van der Waals surface area contributed by atoms with Crippen molar-refractivity contribution in [1.82, 2.24) is 14.7 Å². The Morgan fingerprint density at radius 1 is 1.04 bits per heavy atom. The summed E-state index contributed by atoms with van der Waals surface area (Å²) in [6.45, 7) is 1.76. The fraction of sp³-hybridized carbons (Fsp3) is 0.300. The summed E-state index contributed by atoms with van der Waals surface area (Å²) in [5.41, 5.74) is 0.733. The molecule has 0 spiro atoms. The van der Waals surface area contributed by atoms with Gasteiger partial charge in [-0.05, 0) is 43.5 Å². The zero-order valence-electron chi connectivity index (χ0n) is 16.1. The van der Waals surface area contributed by atoms with E-state index in [9.17, 15) is 0 Å². The molecule has 0 N–H and O–H groups in total. The third-order valence-electron chi connectivity index (χ3n) is 4.06. The minimum absolute atomic E-state index is 0.299. The first-order valence-corrected chi connectivity index (χ1v) is 9.17. The van der Waals surface area contributed by atoms with Gasteiger partial charge in [0, 0.05) is 18.2 Å². The Kier molecular flexibility index (Phi) is 6.67. The third kappa shape index (κ3) is 5.11. The zero-order valence-corrected chi connectivity index (χ0v) is 16.9. The number of rotatable bonds is 9. The van der Waals surface area contributed by atoms with Gasteiger partial charge in [0.2, 0.25) is 5.89 Å². The van der Waals surface area contributed by atoms with Crippen molar-refractivity contribution >= 4 is 12.2 Å².